The molecule has 0 saturated carbocycles. The van der Waals surface area contributed by atoms with Crippen molar-refractivity contribution < 1.29 is 4.79 Å². The van der Waals surface area contributed by atoms with Gasteiger partial charge < -0.3 is 10.6 Å². The highest BCUT2D eigenvalue weighted by atomic mass is 35.5. The number of aryl methyl sites for hydroxylation is 1. The van der Waals surface area contributed by atoms with Crippen molar-refractivity contribution in [2.45, 2.75) is 13.0 Å². The van der Waals surface area contributed by atoms with Gasteiger partial charge in [-0.05, 0) is 24.1 Å². The minimum absolute atomic E-state index is 0.00352. The molecule has 2 rings (SSSR count). The van der Waals surface area contributed by atoms with Crippen LogP contribution in [-0.4, -0.2) is 12.6 Å². The molecule has 0 bridgehead atoms. The van der Waals surface area contributed by atoms with Gasteiger partial charge in [0, 0.05) is 11.6 Å². The summed E-state index contributed by atoms with van der Waals surface area (Å²) in [5.74, 6) is 0. The van der Waals surface area contributed by atoms with E-state index < -0.39 is 0 Å². The van der Waals surface area contributed by atoms with Crippen LogP contribution < -0.4 is 10.6 Å². The number of nitrogens with one attached hydrogen (secondary N) is 2. The topological polar surface area (TPSA) is 41.1 Å². The summed E-state index contributed by atoms with van der Waals surface area (Å²) in [6.07, 6.45) is 0. The van der Waals surface area contributed by atoms with Crippen LogP contribution in [0, 0.1) is 6.92 Å². The fourth-order valence-corrected chi connectivity index (χ4v) is 2.07. The molecule has 0 unspecified atom stereocenters. The van der Waals surface area contributed by atoms with Crippen molar-refractivity contribution in [2.75, 3.05) is 6.54 Å². The minimum atomic E-state index is -0.130. The van der Waals surface area contributed by atoms with E-state index in [0.29, 0.717) is 11.6 Å². The maximum absolute atomic E-state index is 11.0. The molecule has 2 N–H and O–H groups in total. The second-order valence-corrected chi connectivity index (χ2v) is 3.78. The van der Waals surface area contributed by atoms with E-state index in [9.17, 15) is 4.79 Å². The highest BCUT2D eigenvalue weighted by Crippen LogP contribution is 2.27. The van der Waals surface area contributed by atoms with Crippen LogP contribution in [0.15, 0.2) is 18.2 Å². The van der Waals surface area contributed by atoms with Crippen molar-refractivity contribution >= 4 is 17.6 Å². The van der Waals surface area contributed by atoms with Crippen molar-refractivity contribution in [2.24, 2.45) is 0 Å². The average molecular weight is 211 g/mol. The largest absolute Gasteiger partial charge is 0.336 e. The van der Waals surface area contributed by atoms with Crippen LogP contribution in [0.4, 0.5) is 4.79 Å². The number of rotatable bonds is 1. The molecule has 1 fully saturated rings. The monoisotopic (exact) mass is 210 g/mol. The zero-order valence-corrected chi connectivity index (χ0v) is 8.56. The molecule has 1 aliphatic heterocycles. The lowest BCUT2D eigenvalue weighted by Crippen LogP contribution is -2.22. The fourth-order valence-electron chi connectivity index (χ4n) is 1.72. The third-order valence-electron chi connectivity index (χ3n) is 2.39. The molecule has 1 heterocycles. The number of benzene rings is 1. The summed E-state index contributed by atoms with van der Waals surface area (Å²) in [5.41, 5.74) is 2.11. The maximum Gasteiger partial charge on any atom is 0.315 e. The molecule has 1 aliphatic rings. The SMILES string of the molecule is Cc1cccc(Cl)c1[C@H]1CNC(=O)N1. The van der Waals surface area contributed by atoms with Gasteiger partial charge in [0.05, 0.1) is 6.04 Å². The molecular weight excluding hydrogens is 200 g/mol. The molecule has 0 radical (unpaired) electrons. The molecule has 74 valence electrons. The zero-order valence-electron chi connectivity index (χ0n) is 7.80. The Morgan fingerprint density at radius 1 is 1.50 bits per heavy atom. The van der Waals surface area contributed by atoms with Gasteiger partial charge in [-0.3, -0.25) is 0 Å². The van der Waals surface area contributed by atoms with E-state index in [2.05, 4.69) is 10.6 Å². The van der Waals surface area contributed by atoms with Crippen molar-refractivity contribution in [1.29, 1.82) is 0 Å². The van der Waals surface area contributed by atoms with Gasteiger partial charge in [0.2, 0.25) is 0 Å². The lowest BCUT2D eigenvalue weighted by atomic mass is 10.0. The van der Waals surface area contributed by atoms with Crippen LogP contribution in [0.3, 0.4) is 0 Å². The summed E-state index contributed by atoms with van der Waals surface area (Å²) in [7, 11) is 0. The molecule has 0 spiro atoms. The van der Waals surface area contributed by atoms with E-state index in [4.69, 9.17) is 11.6 Å². The zero-order chi connectivity index (χ0) is 10.1. The van der Waals surface area contributed by atoms with E-state index in [1.54, 1.807) is 0 Å². The number of carbonyl (C=O) groups excluding carboxylic acids is 1. The first-order chi connectivity index (χ1) is 6.68. The molecule has 2 amide bonds. The van der Waals surface area contributed by atoms with E-state index in [0.717, 1.165) is 11.1 Å². The number of hydrogen-bond acceptors (Lipinski definition) is 1. The molecule has 1 atom stereocenters. The Bertz CT molecular complexity index is 358. The Balaban J connectivity index is 2.36. The van der Waals surface area contributed by atoms with Gasteiger partial charge in [0.15, 0.2) is 0 Å². The summed E-state index contributed by atoms with van der Waals surface area (Å²) < 4.78 is 0. The molecule has 3 nitrogen and oxygen atoms in total. The fraction of sp³-hybridized carbons (Fsp3) is 0.300. The highest BCUT2D eigenvalue weighted by molar-refractivity contribution is 6.31. The predicted octanol–water partition coefficient (Wildman–Crippen LogP) is 2.00. The van der Waals surface area contributed by atoms with E-state index in [1.165, 1.54) is 0 Å². The van der Waals surface area contributed by atoms with Crippen LogP contribution in [0.2, 0.25) is 5.02 Å². The normalized spacial score (nSPS) is 20.4. The summed E-state index contributed by atoms with van der Waals surface area (Å²) in [6, 6.07) is 5.61. The van der Waals surface area contributed by atoms with E-state index in [1.807, 2.05) is 25.1 Å². The van der Waals surface area contributed by atoms with Crippen molar-refractivity contribution in [1.82, 2.24) is 10.6 Å². The first kappa shape index (κ1) is 9.34. The predicted molar refractivity (Wildman–Crippen MR) is 55.5 cm³/mol. The van der Waals surface area contributed by atoms with Crippen molar-refractivity contribution in [3.63, 3.8) is 0 Å². The van der Waals surface area contributed by atoms with Crippen LogP contribution in [0.1, 0.15) is 17.2 Å². The Labute approximate surface area is 87.4 Å². The third kappa shape index (κ3) is 1.55. The van der Waals surface area contributed by atoms with Crippen LogP contribution in [0.5, 0.6) is 0 Å². The Morgan fingerprint density at radius 2 is 2.29 bits per heavy atom. The number of amides is 2. The Morgan fingerprint density at radius 3 is 2.86 bits per heavy atom. The van der Waals surface area contributed by atoms with Gasteiger partial charge in [0.1, 0.15) is 0 Å². The lowest BCUT2D eigenvalue weighted by molar-refractivity contribution is 0.247. The quantitative estimate of drug-likeness (QED) is 0.732. The Kier molecular flexibility index (Phi) is 2.33. The van der Waals surface area contributed by atoms with Crippen LogP contribution in [0.25, 0.3) is 0 Å². The number of urea groups is 1. The first-order valence-corrected chi connectivity index (χ1v) is 4.85. The molecule has 14 heavy (non-hydrogen) atoms. The van der Waals surface area contributed by atoms with Crippen molar-refractivity contribution in [3.05, 3.63) is 34.3 Å². The van der Waals surface area contributed by atoms with E-state index in [-0.39, 0.29) is 12.1 Å². The minimum Gasteiger partial charge on any atom is -0.336 e. The number of carbonyl (C=O) groups is 1. The smallest absolute Gasteiger partial charge is 0.315 e. The van der Waals surface area contributed by atoms with Gasteiger partial charge >= 0.3 is 6.03 Å². The van der Waals surface area contributed by atoms with Gasteiger partial charge in [-0.25, -0.2) is 4.79 Å². The molecule has 1 aromatic rings. The highest BCUT2D eigenvalue weighted by Gasteiger charge is 2.24. The Hall–Kier alpha value is -1.22. The molecule has 0 aromatic heterocycles. The third-order valence-corrected chi connectivity index (χ3v) is 2.72. The molecule has 0 aliphatic carbocycles. The summed E-state index contributed by atoms with van der Waals surface area (Å²) >= 11 is 6.08. The molecule has 1 aromatic carbocycles. The van der Waals surface area contributed by atoms with Gasteiger partial charge in [-0.15, -0.1) is 0 Å². The number of hydrogen-bond donors (Lipinski definition) is 2. The molecule has 4 heteroatoms. The first-order valence-electron chi connectivity index (χ1n) is 4.48. The van der Waals surface area contributed by atoms with E-state index >= 15 is 0 Å². The van der Waals surface area contributed by atoms with Gasteiger partial charge in [-0.2, -0.15) is 0 Å². The van der Waals surface area contributed by atoms with Crippen molar-refractivity contribution in [3.8, 4) is 0 Å². The van der Waals surface area contributed by atoms with Crippen LogP contribution >= 0.6 is 11.6 Å². The van der Waals surface area contributed by atoms with Crippen LogP contribution in [-0.2, 0) is 0 Å². The molecular formula is C10H11ClN2O. The summed E-state index contributed by atoms with van der Waals surface area (Å²) in [6.45, 7) is 2.59. The van der Waals surface area contributed by atoms with Gasteiger partial charge in [-0.1, -0.05) is 23.7 Å². The number of halogens is 1. The summed E-state index contributed by atoms with van der Waals surface area (Å²) in [4.78, 5) is 11.0. The lowest BCUT2D eigenvalue weighted by Gasteiger charge is -2.13. The average Bonchev–Trinajstić information content (AvgIpc) is 2.51. The maximum atomic E-state index is 11.0. The molecule has 1 saturated heterocycles. The summed E-state index contributed by atoms with van der Waals surface area (Å²) in [5, 5.41) is 6.24. The second-order valence-electron chi connectivity index (χ2n) is 3.38. The van der Waals surface area contributed by atoms with Gasteiger partial charge in [0.25, 0.3) is 0 Å². The second kappa shape index (κ2) is 3.50. The standard InChI is InChI=1S/C10H11ClN2O/c1-6-3-2-4-7(11)9(6)8-5-12-10(14)13-8/h2-4,8H,5H2,1H3,(H2,12,13,14)/t8-/m1/s1.